The summed E-state index contributed by atoms with van der Waals surface area (Å²) in [5.41, 5.74) is -1.80. The van der Waals surface area contributed by atoms with Gasteiger partial charge in [0, 0.05) is 12.4 Å². The molecular weight excluding hydrogens is 276 g/mol. The Bertz CT molecular complexity index is 457. The van der Waals surface area contributed by atoms with Gasteiger partial charge < -0.3 is 21.5 Å². The van der Waals surface area contributed by atoms with E-state index < -0.39 is 46.5 Å². The fourth-order valence-electron chi connectivity index (χ4n) is 1.83. The second-order valence-electron chi connectivity index (χ2n) is 3.95. The monoisotopic (exact) mass is 290 g/mol. The zero-order chi connectivity index (χ0) is 15.4. The van der Waals surface area contributed by atoms with Crippen molar-refractivity contribution in [3.05, 3.63) is 34.4 Å². The molecule has 0 saturated carbocycles. The van der Waals surface area contributed by atoms with E-state index in [1.54, 1.807) is 0 Å². The van der Waals surface area contributed by atoms with Crippen LogP contribution >= 0.6 is 0 Å². The minimum absolute atomic E-state index is 0.631. The summed E-state index contributed by atoms with van der Waals surface area (Å²) in [5, 5.41) is 18.8. The number of hydrogen-bond acceptors (Lipinski definition) is 4. The molecule has 0 aromatic heterocycles. The van der Waals surface area contributed by atoms with E-state index in [0.717, 1.165) is 0 Å². The summed E-state index contributed by atoms with van der Waals surface area (Å²) in [4.78, 5) is 0. The average Bonchev–Trinajstić information content (AvgIpc) is 2.46. The van der Waals surface area contributed by atoms with Gasteiger partial charge in [-0.25, -0.2) is 17.6 Å². The number of benzene rings is 1. The molecular formula is C12H14F4N4. The Morgan fingerprint density at radius 2 is 1.00 bits per heavy atom. The maximum Gasteiger partial charge on any atom is 0.167 e. The lowest BCUT2D eigenvalue weighted by Gasteiger charge is -2.19. The van der Waals surface area contributed by atoms with E-state index in [1.807, 2.05) is 0 Å². The molecule has 0 amide bonds. The third-order valence-corrected chi connectivity index (χ3v) is 2.91. The van der Waals surface area contributed by atoms with Gasteiger partial charge in [0.1, 0.15) is 0 Å². The predicted molar refractivity (Wildman–Crippen MR) is 67.4 cm³/mol. The van der Waals surface area contributed by atoms with Crippen molar-refractivity contribution >= 4 is 12.4 Å². The molecule has 0 radical (unpaired) electrons. The molecule has 0 aliphatic carbocycles. The molecule has 0 bridgehead atoms. The first-order valence-corrected chi connectivity index (χ1v) is 5.65. The van der Waals surface area contributed by atoms with Gasteiger partial charge in [-0.05, 0) is 14.1 Å². The van der Waals surface area contributed by atoms with Crippen molar-refractivity contribution in [2.75, 3.05) is 14.1 Å². The molecule has 0 spiro atoms. The van der Waals surface area contributed by atoms with E-state index in [0.29, 0.717) is 12.4 Å². The van der Waals surface area contributed by atoms with E-state index in [4.69, 9.17) is 10.8 Å². The molecule has 1 rings (SSSR count). The van der Waals surface area contributed by atoms with Gasteiger partial charge >= 0.3 is 0 Å². The van der Waals surface area contributed by atoms with Gasteiger partial charge in [0.05, 0.1) is 23.2 Å². The van der Waals surface area contributed by atoms with Crippen molar-refractivity contribution in [2.45, 2.75) is 12.1 Å². The molecule has 0 fully saturated rings. The molecule has 1 aromatic carbocycles. The number of nitrogens with one attached hydrogen (secondary N) is 4. The minimum Gasteiger partial charge on any atom is -0.311 e. The summed E-state index contributed by atoms with van der Waals surface area (Å²) < 4.78 is 55.7. The molecule has 0 heterocycles. The first-order valence-electron chi connectivity index (χ1n) is 5.65. The van der Waals surface area contributed by atoms with Crippen molar-refractivity contribution in [3.8, 4) is 0 Å². The minimum atomic E-state index is -1.58. The summed E-state index contributed by atoms with van der Waals surface area (Å²) in [6.45, 7) is 0. The van der Waals surface area contributed by atoms with Gasteiger partial charge in [-0.15, -0.1) is 0 Å². The summed E-state index contributed by atoms with van der Waals surface area (Å²) in [6.07, 6.45) is 1.26. The molecule has 0 aliphatic rings. The predicted octanol–water partition coefficient (Wildman–Crippen LogP) is 2.06. The summed E-state index contributed by atoms with van der Waals surface area (Å²) in [7, 11) is 2.60. The van der Waals surface area contributed by atoms with E-state index in [9.17, 15) is 17.6 Å². The Morgan fingerprint density at radius 1 is 0.750 bits per heavy atom. The van der Waals surface area contributed by atoms with Crippen LogP contribution in [-0.2, 0) is 0 Å². The molecule has 0 saturated heterocycles. The summed E-state index contributed by atoms with van der Waals surface area (Å²) in [5.74, 6) is -6.32. The van der Waals surface area contributed by atoms with Crippen LogP contribution in [0.3, 0.4) is 0 Å². The Kier molecular flexibility index (Phi) is 5.34. The van der Waals surface area contributed by atoms with Crippen LogP contribution in [0.2, 0.25) is 0 Å². The van der Waals surface area contributed by atoms with Crippen LogP contribution in [0.1, 0.15) is 23.2 Å². The highest BCUT2D eigenvalue weighted by Gasteiger charge is 2.31. The van der Waals surface area contributed by atoms with Crippen LogP contribution in [0.25, 0.3) is 0 Å². The molecule has 110 valence electrons. The average molecular weight is 290 g/mol. The molecule has 8 heteroatoms. The van der Waals surface area contributed by atoms with Gasteiger partial charge in [0.15, 0.2) is 23.3 Å². The van der Waals surface area contributed by atoms with Crippen molar-refractivity contribution in [3.63, 3.8) is 0 Å². The Balaban J connectivity index is 3.64. The van der Waals surface area contributed by atoms with Gasteiger partial charge in [-0.1, -0.05) is 0 Å². The topological polar surface area (TPSA) is 71.8 Å². The van der Waals surface area contributed by atoms with Crippen molar-refractivity contribution < 1.29 is 17.6 Å². The molecule has 4 N–H and O–H groups in total. The summed E-state index contributed by atoms with van der Waals surface area (Å²) >= 11 is 0. The van der Waals surface area contributed by atoms with Crippen LogP contribution in [0.4, 0.5) is 17.6 Å². The Morgan fingerprint density at radius 3 is 1.15 bits per heavy atom. The van der Waals surface area contributed by atoms with Crippen LogP contribution in [0.5, 0.6) is 0 Å². The normalized spacial score (nSPS) is 13.9. The zero-order valence-corrected chi connectivity index (χ0v) is 10.8. The third kappa shape index (κ3) is 2.56. The van der Waals surface area contributed by atoms with Crippen molar-refractivity contribution in [2.24, 2.45) is 0 Å². The van der Waals surface area contributed by atoms with Crippen LogP contribution in [0.15, 0.2) is 0 Å². The zero-order valence-electron chi connectivity index (χ0n) is 10.8. The van der Waals surface area contributed by atoms with E-state index >= 15 is 0 Å². The highest BCUT2D eigenvalue weighted by Crippen LogP contribution is 2.30. The van der Waals surface area contributed by atoms with E-state index in [2.05, 4.69) is 10.6 Å². The molecule has 2 atom stereocenters. The first-order chi connectivity index (χ1) is 9.44. The number of hydrogen-bond donors (Lipinski definition) is 4. The molecule has 4 nitrogen and oxygen atoms in total. The van der Waals surface area contributed by atoms with Crippen molar-refractivity contribution in [1.82, 2.24) is 10.6 Å². The SMILES string of the molecule is CNC(C=N)c1c(F)c(F)c(C(C=N)NC)c(F)c1F. The second kappa shape index (κ2) is 6.58. The van der Waals surface area contributed by atoms with Gasteiger partial charge in [-0.2, -0.15) is 0 Å². The van der Waals surface area contributed by atoms with Crippen molar-refractivity contribution in [1.29, 1.82) is 10.8 Å². The van der Waals surface area contributed by atoms with Crippen LogP contribution in [0, 0.1) is 34.1 Å². The van der Waals surface area contributed by atoms with E-state index in [-0.39, 0.29) is 0 Å². The second-order valence-corrected chi connectivity index (χ2v) is 3.95. The maximum atomic E-state index is 13.9. The molecule has 20 heavy (non-hydrogen) atoms. The molecule has 1 aromatic rings. The highest BCUT2D eigenvalue weighted by molar-refractivity contribution is 5.67. The highest BCUT2D eigenvalue weighted by atomic mass is 19.2. The number of halogens is 4. The first kappa shape index (κ1) is 16.3. The number of rotatable bonds is 6. The van der Waals surface area contributed by atoms with E-state index in [1.165, 1.54) is 14.1 Å². The van der Waals surface area contributed by atoms with Gasteiger partial charge in [-0.3, -0.25) is 0 Å². The largest absolute Gasteiger partial charge is 0.311 e. The van der Waals surface area contributed by atoms with Crippen LogP contribution < -0.4 is 10.6 Å². The lowest BCUT2D eigenvalue weighted by atomic mass is 9.98. The summed E-state index contributed by atoms with van der Waals surface area (Å²) in [6, 6.07) is -2.58. The van der Waals surface area contributed by atoms with Gasteiger partial charge in [0.25, 0.3) is 0 Å². The fourth-order valence-corrected chi connectivity index (χ4v) is 1.83. The quantitative estimate of drug-likeness (QED) is 0.368. The third-order valence-electron chi connectivity index (χ3n) is 2.91. The standard InChI is InChI=1S/C12H14F4N4/c1-19-5(3-17)7-9(13)11(15)8(6(4-18)20-2)12(16)10(7)14/h3-6,17-20H,1-2H3. The lowest BCUT2D eigenvalue weighted by Crippen LogP contribution is -2.26. The Hall–Kier alpha value is -1.80. The van der Waals surface area contributed by atoms with Crippen LogP contribution in [-0.4, -0.2) is 26.5 Å². The lowest BCUT2D eigenvalue weighted by molar-refractivity contribution is 0.413. The maximum absolute atomic E-state index is 13.9. The molecule has 0 aliphatic heterocycles. The Labute approximate surface area is 113 Å². The fraction of sp³-hybridized carbons (Fsp3) is 0.333. The van der Waals surface area contributed by atoms with Gasteiger partial charge in [0.2, 0.25) is 0 Å². The smallest absolute Gasteiger partial charge is 0.167 e. The molecule has 2 unspecified atom stereocenters.